The minimum absolute atomic E-state index is 0.887. The highest BCUT2D eigenvalue weighted by atomic mass is 15.3. The lowest BCUT2D eigenvalue weighted by molar-refractivity contribution is 1.33. The summed E-state index contributed by atoms with van der Waals surface area (Å²) in [6.45, 7) is 0. The van der Waals surface area contributed by atoms with E-state index in [0.29, 0.717) is 0 Å². The van der Waals surface area contributed by atoms with Crippen molar-refractivity contribution in [1.82, 2.24) is 0 Å². The quantitative estimate of drug-likeness (QED) is 0.507. The van der Waals surface area contributed by atoms with Gasteiger partial charge in [-0.2, -0.15) is 5.10 Å². The van der Waals surface area contributed by atoms with E-state index in [1.807, 2.05) is 72.8 Å². The first kappa shape index (κ1) is 14.8. The van der Waals surface area contributed by atoms with Gasteiger partial charge in [-0.1, -0.05) is 84.9 Å². The first-order chi connectivity index (χ1) is 11.4. The lowest BCUT2D eigenvalue weighted by atomic mass is 10.1. The molecule has 0 aliphatic heterocycles. The van der Waals surface area contributed by atoms with Gasteiger partial charge < -0.3 is 0 Å². The van der Waals surface area contributed by atoms with Crippen LogP contribution in [0.2, 0.25) is 0 Å². The summed E-state index contributed by atoms with van der Waals surface area (Å²) in [6.07, 6.45) is 4.10. The van der Waals surface area contributed by atoms with Gasteiger partial charge in [0.15, 0.2) is 0 Å². The second kappa shape index (κ2) is 7.76. The molecule has 112 valence electrons. The monoisotopic (exact) mass is 298 g/mol. The number of nitrogens with one attached hydrogen (secondary N) is 1. The standard InChI is InChI=1S/C21H18N2/c1-4-10-18(11-5-1)16-17-21(19-12-6-2-7-13-19)23-22-20-14-8-3-9-15-20/h1-17,22H/b17-16+,23-21-. The predicted molar refractivity (Wildman–Crippen MR) is 98.5 cm³/mol. The zero-order chi connectivity index (χ0) is 15.7. The molecule has 0 saturated heterocycles. The SMILES string of the molecule is C(=C\c1ccccc1)/C(=N/Nc1ccccc1)c1ccccc1. The minimum atomic E-state index is 0.887. The molecule has 23 heavy (non-hydrogen) atoms. The normalized spacial score (nSPS) is 11.6. The molecular formula is C21H18N2. The fourth-order valence-corrected chi connectivity index (χ4v) is 2.18. The van der Waals surface area contributed by atoms with Crippen molar-refractivity contribution in [2.45, 2.75) is 0 Å². The number of hydrogen-bond donors (Lipinski definition) is 1. The molecule has 3 rings (SSSR count). The van der Waals surface area contributed by atoms with Crippen LogP contribution in [0.5, 0.6) is 0 Å². The maximum atomic E-state index is 4.56. The van der Waals surface area contributed by atoms with E-state index in [-0.39, 0.29) is 0 Å². The molecule has 2 heteroatoms. The van der Waals surface area contributed by atoms with Gasteiger partial charge in [0, 0.05) is 5.56 Å². The number of para-hydroxylation sites is 1. The van der Waals surface area contributed by atoms with Gasteiger partial charge in [0.2, 0.25) is 0 Å². The maximum Gasteiger partial charge on any atom is 0.0905 e. The van der Waals surface area contributed by atoms with Crippen LogP contribution in [-0.4, -0.2) is 5.71 Å². The number of hydrazone groups is 1. The van der Waals surface area contributed by atoms with E-state index in [0.717, 1.165) is 22.5 Å². The fourth-order valence-electron chi connectivity index (χ4n) is 2.18. The summed E-state index contributed by atoms with van der Waals surface area (Å²) in [5.74, 6) is 0. The molecular weight excluding hydrogens is 280 g/mol. The third kappa shape index (κ3) is 4.42. The summed E-state index contributed by atoms with van der Waals surface area (Å²) in [7, 11) is 0. The van der Waals surface area contributed by atoms with Crippen molar-refractivity contribution >= 4 is 17.5 Å². The van der Waals surface area contributed by atoms with E-state index in [9.17, 15) is 0 Å². The summed E-state index contributed by atoms with van der Waals surface area (Å²) in [5.41, 5.74) is 7.19. The Kier molecular flexibility index (Phi) is 4.99. The molecule has 0 saturated carbocycles. The molecule has 0 spiro atoms. The Morgan fingerprint density at radius 2 is 1.26 bits per heavy atom. The summed E-state index contributed by atoms with van der Waals surface area (Å²) < 4.78 is 0. The van der Waals surface area contributed by atoms with Gasteiger partial charge in [0.25, 0.3) is 0 Å². The Bertz CT molecular complexity index is 776. The summed E-state index contributed by atoms with van der Waals surface area (Å²) in [6, 6.07) is 30.3. The van der Waals surface area contributed by atoms with E-state index in [4.69, 9.17) is 0 Å². The highest BCUT2D eigenvalue weighted by Gasteiger charge is 1.99. The molecule has 0 unspecified atom stereocenters. The molecule has 1 N–H and O–H groups in total. The predicted octanol–water partition coefficient (Wildman–Crippen LogP) is 5.22. The number of anilines is 1. The lowest BCUT2D eigenvalue weighted by Crippen LogP contribution is -2.01. The average molecular weight is 298 g/mol. The summed E-state index contributed by atoms with van der Waals surface area (Å²) >= 11 is 0. The minimum Gasteiger partial charge on any atom is -0.278 e. The zero-order valence-electron chi connectivity index (χ0n) is 12.8. The molecule has 2 nitrogen and oxygen atoms in total. The van der Waals surface area contributed by atoms with Gasteiger partial charge in [0.1, 0.15) is 0 Å². The van der Waals surface area contributed by atoms with E-state index < -0.39 is 0 Å². The molecule has 0 amide bonds. The van der Waals surface area contributed by atoms with Crippen molar-refractivity contribution in [3.8, 4) is 0 Å². The summed E-state index contributed by atoms with van der Waals surface area (Å²) in [4.78, 5) is 0. The van der Waals surface area contributed by atoms with Gasteiger partial charge in [-0.25, -0.2) is 0 Å². The smallest absolute Gasteiger partial charge is 0.0905 e. The second-order valence-electron chi connectivity index (χ2n) is 5.08. The highest BCUT2D eigenvalue weighted by Crippen LogP contribution is 2.09. The van der Waals surface area contributed by atoms with Crippen LogP contribution in [0.15, 0.2) is 102 Å². The molecule has 0 aliphatic rings. The number of rotatable bonds is 5. The van der Waals surface area contributed by atoms with Crippen LogP contribution in [-0.2, 0) is 0 Å². The van der Waals surface area contributed by atoms with Gasteiger partial charge in [-0.05, 0) is 23.8 Å². The second-order valence-corrected chi connectivity index (χ2v) is 5.08. The Balaban J connectivity index is 1.86. The molecule has 0 aromatic heterocycles. The van der Waals surface area contributed by atoms with E-state index in [2.05, 4.69) is 40.9 Å². The van der Waals surface area contributed by atoms with Crippen molar-refractivity contribution in [2.75, 3.05) is 5.43 Å². The van der Waals surface area contributed by atoms with Crippen LogP contribution in [0.1, 0.15) is 11.1 Å². The molecule has 0 atom stereocenters. The van der Waals surface area contributed by atoms with Crippen LogP contribution in [0.3, 0.4) is 0 Å². The molecule has 0 fully saturated rings. The zero-order valence-corrected chi connectivity index (χ0v) is 12.8. The molecule has 0 aliphatic carbocycles. The maximum absolute atomic E-state index is 4.56. The lowest BCUT2D eigenvalue weighted by Gasteiger charge is -2.04. The first-order valence-electron chi connectivity index (χ1n) is 7.59. The largest absolute Gasteiger partial charge is 0.278 e. The van der Waals surface area contributed by atoms with E-state index in [1.54, 1.807) is 0 Å². The number of allylic oxidation sites excluding steroid dienone is 1. The molecule has 3 aromatic carbocycles. The number of hydrogen-bond acceptors (Lipinski definition) is 2. The summed E-state index contributed by atoms with van der Waals surface area (Å²) in [5, 5.41) is 4.56. The third-order valence-corrected chi connectivity index (χ3v) is 3.38. The Morgan fingerprint density at radius 1 is 0.696 bits per heavy atom. The van der Waals surface area contributed by atoms with Crippen LogP contribution in [0, 0.1) is 0 Å². The van der Waals surface area contributed by atoms with E-state index in [1.165, 1.54) is 0 Å². The highest BCUT2D eigenvalue weighted by molar-refractivity contribution is 6.11. The van der Waals surface area contributed by atoms with Crippen LogP contribution in [0.4, 0.5) is 5.69 Å². The molecule has 0 heterocycles. The van der Waals surface area contributed by atoms with Crippen molar-refractivity contribution in [3.05, 3.63) is 108 Å². The van der Waals surface area contributed by atoms with Crippen molar-refractivity contribution in [3.63, 3.8) is 0 Å². The number of benzene rings is 3. The van der Waals surface area contributed by atoms with Gasteiger partial charge in [-0.15, -0.1) is 0 Å². The van der Waals surface area contributed by atoms with Crippen molar-refractivity contribution in [2.24, 2.45) is 5.10 Å². The van der Waals surface area contributed by atoms with Crippen molar-refractivity contribution in [1.29, 1.82) is 0 Å². The first-order valence-corrected chi connectivity index (χ1v) is 7.59. The third-order valence-electron chi connectivity index (χ3n) is 3.38. The van der Waals surface area contributed by atoms with E-state index >= 15 is 0 Å². The Labute approximate surface area is 136 Å². The van der Waals surface area contributed by atoms with Crippen LogP contribution in [0.25, 0.3) is 6.08 Å². The van der Waals surface area contributed by atoms with Gasteiger partial charge in [-0.3, -0.25) is 5.43 Å². The van der Waals surface area contributed by atoms with Gasteiger partial charge in [0.05, 0.1) is 11.4 Å². The van der Waals surface area contributed by atoms with Crippen LogP contribution >= 0.6 is 0 Å². The fraction of sp³-hybridized carbons (Fsp3) is 0. The topological polar surface area (TPSA) is 24.4 Å². The molecule has 0 bridgehead atoms. The Hall–Kier alpha value is -3.13. The number of nitrogens with zero attached hydrogens (tertiary/aromatic N) is 1. The average Bonchev–Trinajstić information content (AvgIpc) is 2.64. The Morgan fingerprint density at radius 3 is 1.91 bits per heavy atom. The van der Waals surface area contributed by atoms with Crippen molar-refractivity contribution < 1.29 is 0 Å². The molecule has 0 radical (unpaired) electrons. The molecule has 3 aromatic rings. The van der Waals surface area contributed by atoms with Gasteiger partial charge >= 0.3 is 0 Å². The van der Waals surface area contributed by atoms with Crippen LogP contribution < -0.4 is 5.43 Å².